The first-order valence-electron chi connectivity index (χ1n) is 5.89. The maximum atomic E-state index is 12.0. The quantitative estimate of drug-likeness (QED) is 0.753. The lowest BCUT2D eigenvalue weighted by Gasteiger charge is -2.45. The highest BCUT2D eigenvalue weighted by atomic mass is 16.2. The van der Waals surface area contributed by atoms with E-state index in [1.54, 1.807) is 0 Å². The van der Waals surface area contributed by atoms with Crippen molar-refractivity contribution in [1.29, 1.82) is 0 Å². The average molecular weight is 230 g/mol. The third-order valence-corrected chi connectivity index (χ3v) is 3.67. The van der Waals surface area contributed by atoms with Crippen molar-refractivity contribution in [3.63, 3.8) is 0 Å². The zero-order chi connectivity index (χ0) is 11.9. The van der Waals surface area contributed by atoms with Crippen molar-refractivity contribution >= 4 is 11.8 Å². The molecule has 1 aliphatic heterocycles. The highest BCUT2D eigenvalue weighted by Crippen LogP contribution is 2.35. The number of hydrogen-bond donors (Lipinski definition) is 2. The summed E-state index contributed by atoms with van der Waals surface area (Å²) >= 11 is 0. The van der Waals surface area contributed by atoms with Crippen LogP contribution in [0.4, 0.5) is 0 Å². The molecule has 1 saturated carbocycles. The molecule has 0 radical (unpaired) electrons. The molecule has 0 aromatic heterocycles. The molecule has 4 nitrogen and oxygen atoms in total. The van der Waals surface area contributed by atoms with Crippen LogP contribution in [0.25, 0.3) is 0 Å². The summed E-state index contributed by atoms with van der Waals surface area (Å²) < 4.78 is 0. The highest BCUT2D eigenvalue weighted by Gasteiger charge is 2.50. The fourth-order valence-electron chi connectivity index (χ4n) is 2.46. The van der Waals surface area contributed by atoms with Crippen molar-refractivity contribution < 1.29 is 9.59 Å². The zero-order valence-corrected chi connectivity index (χ0v) is 9.40. The van der Waals surface area contributed by atoms with Crippen LogP contribution < -0.4 is 10.6 Å². The van der Waals surface area contributed by atoms with Crippen LogP contribution in [0, 0.1) is 0 Å². The molecule has 1 aliphatic carbocycles. The molecule has 1 unspecified atom stereocenters. The van der Waals surface area contributed by atoms with Crippen molar-refractivity contribution in [3.05, 3.63) is 35.9 Å². The van der Waals surface area contributed by atoms with E-state index in [9.17, 15) is 9.59 Å². The van der Waals surface area contributed by atoms with E-state index in [4.69, 9.17) is 0 Å². The van der Waals surface area contributed by atoms with Crippen LogP contribution in [0.5, 0.6) is 0 Å². The zero-order valence-electron chi connectivity index (χ0n) is 9.40. The predicted octanol–water partition coefficient (Wildman–Crippen LogP) is 0.896. The summed E-state index contributed by atoms with van der Waals surface area (Å²) in [6, 6.07) is 8.77. The summed E-state index contributed by atoms with van der Waals surface area (Å²) in [6.07, 6.45) is 2.52. The first kappa shape index (κ1) is 10.3. The van der Waals surface area contributed by atoms with Gasteiger partial charge in [-0.25, -0.2) is 0 Å². The van der Waals surface area contributed by atoms with Crippen molar-refractivity contribution in [2.24, 2.45) is 0 Å². The van der Waals surface area contributed by atoms with E-state index in [2.05, 4.69) is 10.6 Å². The lowest BCUT2D eigenvalue weighted by atomic mass is 9.74. The second-order valence-electron chi connectivity index (χ2n) is 4.74. The van der Waals surface area contributed by atoms with Crippen LogP contribution >= 0.6 is 0 Å². The molecule has 1 spiro atoms. The van der Waals surface area contributed by atoms with Crippen molar-refractivity contribution in [3.8, 4) is 0 Å². The van der Waals surface area contributed by atoms with E-state index in [0.717, 1.165) is 24.8 Å². The summed E-state index contributed by atoms with van der Waals surface area (Å²) in [5.74, 6) is -0.146. The van der Waals surface area contributed by atoms with Gasteiger partial charge < -0.3 is 10.6 Å². The molecule has 3 rings (SSSR count). The standard InChI is InChI=1S/C13H14N2O2/c16-11-10(9-5-2-1-3-6-9)14-12(17)13(15-11)7-4-8-13/h1-3,5-6,10H,4,7-8H2,(H,14,17)(H,15,16). The fourth-order valence-corrected chi connectivity index (χ4v) is 2.46. The Balaban J connectivity index is 1.86. The van der Waals surface area contributed by atoms with Gasteiger partial charge in [0.1, 0.15) is 11.6 Å². The third kappa shape index (κ3) is 1.52. The third-order valence-electron chi connectivity index (χ3n) is 3.67. The van der Waals surface area contributed by atoms with Gasteiger partial charge in [0.2, 0.25) is 11.8 Å². The van der Waals surface area contributed by atoms with Gasteiger partial charge >= 0.3 is 0 Å². The van der Waals surface area contributed by atoms with Crippen LogP contribution in [0.15, 0.2) is 30.3 Å². The van der Waals surface area contributed by atoms with E-state index in [1.807, 2.05) is 30.3 Å². The maximum absolute atomic E-state index is 12.0. The maximum Gasteiger partial charge on any atom is 0.248 e. The van der Waals surface area contributed by atoms with Crippen molar-refractivity contribution in [1.82, 2.24) is 10.6 Å². The van der Waals surface area contributed by atoms with Gasteiger partial charge in [-0.15, -0.1) is 0 Å². The summed E-state index contributed by atoms with van der Waals surface area (Å²) in [5.41, 5.74) is 0.218. The number of amides is 2. The Kier molecular flexibility index (Phi) is 2.18. The minimum atomic E-state index is -0.609. The second kappa shape index (κ2) is 3.58. The van der Waals surface area contributed by atoms with E-state index in [0.29, 0.717) is 0 Å². The molecule has 4 heteroatoms. The fraction of sp³-hybridized carbons (Fsp3) is 0.385. The van der Waals surface area contributed by atoms with Gasteiger partial charge in [0, 0.05) is 0 Å². The average Bonchev–Trinajstić information content (AvgIpc) is 2.30. The number of carbonyl (C=O) groups is 2. The molecule has 1 saturated heterocycles. The summed E-state index contributed by atoms with van der Waals surface area (Å²) in [4.78, 5) is 24.0. The highest BCUT2D eigenvalue weighted by molar-refractivity contribution is 6.00. The van der Waals surface area contributed by atoms with E-state index in [-0.39, 0.29) is 11.8 Å². The molecule has 1 heterocycles. The SMILES string of the molecule is O=C1NC2(CCC2)C(=O)NC1c1ccccc1. The number of hydrogen-bond acceptors (Lipinski definition) is 2. The molecular formula is C13H14N2O2. The minimum absolute atomic E-state index is 0.0443. The normalized spacial score (nSPS) is 26.0. The van der Waals surface area contributed by atoms with Crippen molar-refractivity contribution in [2.75, 3.05) is 0 Å². The van der Waals surface area contributed by atoms with Crippen molar-refractivity contribution in [2.45, 2.75) is 30.8 Å². The lowest BCUT2D eigenvalue weighted by molar-refractivity contribution is -0.145. The largest absolute Gasteiger partial charge is 0.340 e. The van der Waals surface area contributed by atoms with Crippen LogP contribution in [-0.2, 0) is 9.59 Å². The molecule has 1 aromatic carbocycles. The Morgan fingerprint density at radius 3 is 2.41 bits per heavy atom. The van der Waals surface area contributed by atoms with Gasteiger partial charge in [-0.2, -0.15) is 0 Å². The molecule has 2 N–H and O–H groups in total. The van der Waals surface area contributed by atoms with E-state index in [1.165, 1.54) is 0 Å². The summed E-state index contributed by atoms with van der Waals surface area (Å²) in [5, 5.41) is 5.70. The predicted molar refractivity (Wildman–Crippen MR) is 62.1 cm³/mol. The Hall–Kier alpha value is -1.84. The number of rotatable bonds is 1. The Labute approximate surface area is 99.4 Å². The summed E-state index contributed by atoms with van der Waals surface area (Å²) in [6.45, 7) is 0. The first-order chi connectivity index (χ1) is 8.21. The Morgan fingerprint density at radius 1 is 1.12 bits per heavy atom. The molecule has 2 amide bonds. The lowest BCUT2D eigenvalue weighted by Crippen LogP contribution is -2.69. The van der Waals surface area contributed by atoms with Gasteiger partial charge in [0.15, 0.2) is 0 Å². The van der Waals surface area contributed by atoms with Gasteiger partial charge in [0.25, 0.3) is 0 Å². The minimum Gasteiger partial charge on any atom is -0.340 e. The number of carbonyl (C=O) groups excluding carboxylic acids is 2. The molecule has 17 heavy (non-hydrogen) atoms. The van der Waals surface area contributed by atoms with Gasteiger partial charge in [0.05, 0.1) is 0 Å². The first-order valence-corrected chi connectivity index (χ1v) is 5.89. The van der Waals surface area contributed by atoms with Gasteiger partial charge in [-0.3, -0.25) is 9.59 Å². The van der Waals surface area contributed by atoms with Gasteiger partial charge in [-0.05, 0) is 24.8 Å². The molecule has 0 bridgehead atoms. The topological polar surface area (TPSA) is 58.2 Å². The Bertz CT molecular complexity index is 466. The molecule has 1 atom stereocenters. The number of nitrogens with one attached hydrogen (secondary N) is 2. The number of piperazine rings is 1. The molecule has 2 aliphatic rings. The van der Waals surface area contributed by atoms with Crippen LogP contribution in [-0.4, -0.2) is 17.4 Å². The molecule has 1 aromatic rings. The monoisotopic (exact) mass is 230 g/mol. The van der Waals surface area contributed by atoms with E-state index < -0.39 is 11.6 Å². The molecule has 2 fully saturated rings. The van der Waals surface area contributed by atoms with Crippen LogP contribution in [0.1, 0.15) is 30.9 Å². The Morgan fingerprint density at radius 2 is 1.82 bits per heavy atom. The van der Waals surface area contributed by atoms with E-state index >= 15 is 0 Å². The van der Waals surface area contributed by atoms with Crippen LogP contribution in [0.2, 0.25) is 0 Å². The van der Waals surface area contributed by atoms with Crippen LogP contribution in [0.3, 0.4) is 0 Å². The smallest absolute Gasteiger partial charge is 0.248 e. The second-order valence-corrected chi connectivity index (χ2v) is 4.74. The summed E-state index contributed by atoms with van der Waals surface area (Å²) in [7, 11) is 0. The number of benzene rings is 1. The molecular weight excluding hydrogens is 216 g/mol. The molecule has 88 valence electrons. The van der Waals surface area contributed by atoms with Gasteiger partial charge in [-0.1, -0.05) is 30.3 Å².